The van der Waals surface area contributed by atoms with Gasteiger partial charge in [-0.15, -0.1) is 11.3 Å². The van der Waals surface area contributed by atoms with Gasteiger partial charge in [0.05, 0.1) is 25.8 Å². The van der Waals surface area contributed by atoms with E-state index in [9.17, 15) is 9.18 Å². The second-order valence-corrected chi connectivity index (χ2v) is 5.24. The number of thiazole rings is 1. The number of methoxy groups -OCH3 is 1. The van der Waals surface area contributed by atoms with E-state index in [0.717, 1.165) is 0 Å². The van der Waals surface area contributed by atoms with Gasteiger partial charge in [-0.25, -0.2) is 9.37 Å². The van der Waals surface area contributed by atoms with Crippen molar-refractivity contribution in [2.45, 2.75) is 13.3 Å². The van der Waals surface area contributed by atoms with Gasteiger partial charge >= 0.3 is 0 Å². The van der Waals surface area contributed by atoms with Crippen molar-refractivity contribution in [2.24, 2.45) is 0 Å². The number of amides is 1. The lowest BCUT2D eigenvalue weighted by Gasteiger charge is -2.06. The normalized spacial score (nSPS) is 10.5. The van der Waals surface area contributed by atoms with E-state index >= 15 is 0 Å². The highest BCUT2D eigenvalue weighted by molar-refractivity contribution is 7.14. The monoisotopic (exact) mass is 324 g/mol. The van der Waals surface area contributed by atoms with Crippen molar-refractivity contribution < 1.29 is 18.7 Å². The molecule has 0 aliphatic rings. The Kier molecular flexibility index (Phi) is 5.85. The largest absolute Gasteiger partial charge is 0.496 e. The van der Waals surface area contributed by atoms with Crippen LogP contribution in [0.25, 0.3) is 11.3 Å². The SMILES string of the molecule is CCOCCC(=O)Nc1nc(-c2cc(F)ccc2OC)cs1. The van der Waals surface area contributed by atoms with Crippen LogP contribution in [0.15, 0.2) is 23.6 Å². The molecule has 1 heterocycles. The lowest BCUT2D eigenvalue weighted by Crippen LogP contribution is -2.13. The second kappa shape index (κ2) is 7.86. The maximum absolute atomic E-state index is 13.4. The van der Waals surface area contributed by atoms with Crippen LogP contribution in [-0.2, 0) is 9.53 Å². The molecule has 0 unspecified atom stereocenters. The van der Waals surface area contributed by atoms with E-state index in [1.165, 1.54) is 30.6 Å². The Labute approximate surface area is 132 Å². The predicted octanol–water partition coefficient (Wildman–Crippen LogP) is 3.32. The van der Waals surface area contributed by atoms with Crippen LogP contribution in [0, 0.1) is 5.82 Å². The maximum Gasteiger partial charge on any atom is 0.228 e. The molecule has 2 rings (SSSR count). The third-order valence-corrected chi connectivity index (χ3v) is 3.62. The van der Waals surface area contributed by atoms with Gasteiger partial charge < -0.3 is 14.8 Å². The van der Waals surface area contributed by atoms with Crippen molar-refractivity contribution in [3.05, 3.63) is 29.4 Å². The highest BCUT2D eigenvalue weighted by atomic mass is 32.1. The van der Waals surface area contributed by atoms with E-state index in [1.54, 1.807) is 11.4 Å². The number of hydrogen-bond acceptors (Lipinski definition) is 5. The van der Waals surface area contributed by atoms with Crippen LogP contribution in [0.5, 0.6) is 5.75 Å². The molecule has 1 aromatic heterocycles. The van der Waals surface area contributed by atoms with Gasteiger partial charge in [-0.1, -0.05) is 0 Å². The number of carbonyl (C=O) groups is 1. The summed E-state index contributed by atoms with van der Waals surface area (Å²) in [6, 6.07) is 4.23. The molecule has 22 heavy (non-hydrogen) atoms. The van der Waals surface area contributed by atoms with Crippen molar-refractivity contribution in [2.75, 3.05) is 25.6 Å². The number of rotatable bonds is 7. The smallest absolute Gasteiger partial charge is 0.228 e. The minimum Gasteiger partial charge on any atom is -0.496 e. The summed E-state index contributed by atoms with van der Waals surface area (Å²) in [4.78, 5) is 16.0. The molecule has 0 radical (unpaired) electrons. The molecule has 0 aliphatic carbocycles. The summed E-state index contributed by atoms with van der Waals surface area (Å²) < 4.78 is 23.7. The summed E-state index contributed by atoms with van der Waals surface area (Å²) >= 11 is 1.28. The van der Waals surface area contributed by atoms with E-state index in [0.29, 0.717) is 35.4 Å². The molecule has 1 N–H and O–H groups in total. The molecule has 1 aromatic carbocycles. The van der Waals surface area contributed by atoms with Gasteiger partial charge in [-0.3, -0.25) is 4.79 Å². The third kappa shape index (κ3) is 4.25. The van der Waals surface area contributed by atoms with Crippen molar-refractivity contribution >= 4 is 22.4 Å². The van der Waals surface area contributed by atoms with Crippen LogP contribution >= 0.6 is 11.3 Å². The lowest BCUT2D eigenvalue weighted by atomic mass is 10.1. The fourth-order valence-electron chi connectivity index (χ4n) is 1.83. The zero-order valence-corrected chi connectivity index (χ0v) is 13.2. The number of nitrogens with one attached hydrogen (secondary N) is 1. The van der Waals surface area contributed by atoms with Gasteiger partial charge in [0.1, 0.15) is 11.6 Å². The van der Waals surface area contributed by atoms with Gasteiger partial charge in [0.25, 0.3) is 0 Å². The molecule has 118 valence electrons. The van der Waals surface area contributed by atoms with Gasteiger partial charge in [0.2, 0.25) is 5.91 Å². The predicted molar refractivity (Wildman–Crippen MR) is 83.8 cm³/mol. The highest BCUT2D eigenvalue weighted by Gasteiger charge is 2.12. The van der Waals surface area contributed by atoms with E-state index in [4.69, 9.17) is 9.47 Å². The zero-order chi connectivity index (χ0) is 15.9. The average Bonchev–Trinajstić information content (AvgIpc) is 2.95. The van der Waals surface area contributed by atoms with Crippen LogP contribution in [0.4, 0.5) is 9.52 Å². The molecule has 0 bridgehead atoms. The number of ether oxygens (including phenoxy) is 2. The fourth-order valence-corrected chi connectivity index (χ4v) is 2.55. The van der Waals surface area contributed by atoms with Crippen molar-refractivity contribution in [1.82, 2.24) is 4.98 Å². The average molecular weight is 324 g/mol. The Bertz CT molecular complexity index is 645. The number of anilines is 1. The molecule has 0 spiro atoms. The molecule has 0 fully saturated rings. The van der Waals surface area contributed by atoms with Crippen LogP contribution < -0.4 is 10.1 Å². The number of nitrogens with zero attached hydrogens (tertiary/aromatic N) is 1. The first-order valence-electron chi connectivity index (χ1n) is 6.81. The first-order chi connectivity index (χ1) is 10.6. The van der Waals surface area contributed by atoms with Crippen molar-refractivity contribution in [3.63, 3.8) is 0 Å². The molecule has 0 aliphatic heterocycles. The van der Waals surface area contributed by atoms with Gasteiger partial charge in [0, 0.05) is 17.6 Å². The first-order valence-corrected chi connectivity index (χ1v) is 7.69. The summed E-state index contributed by atoms with van der Waals surface area (Å²) in [7, 11) is 1.51. The van der Waals surface area contributed by atoms with Gasteiger partial charge in [0.15, 0.2) is 5.13 Å². The Hall–Kier alpha value is -1.99. The first kappa shape index (κ1) is 16.4. The fraction of sp³-hybridized carbons (Fsp3) is 0.333. The summed E-state index contributed by atoms with van der Waals surface area (Å²) in [5.41, 5.74) is 1.11. The summed E-state index contributed by atoms with van der Waals surface area (Å²) in [5, 5.41) is 4.90. The van der Waals surface area contributed by atoms with Crippen LogP contribution in [0.2, 0.25) is 0 Å². The molecule has 0 saturated heterocycles. The molecule has 5 nitrogen and oxygen atoms in total. The topological polar surface area (TPSA) is 60.5 Å². The number of carbonyl (C=O) groups excluding carboxylic acids is 1. The Morgan fingerprint density at radius 2 is 2.27 bits per heavy atom. The highest BCUT2D eigenvalue weighted by Crippen LogP contribution is 2.32. The Balaban J connectivity index is 2.08. The molecular formula is C15H17FN2O3S. The van der Waals surface area contributed by atoms with E-state index in [-0.39, 0.29) is 18.1 Å². The van der Waals surface area contributed by atoms with Crippen LogP contribution in [0.1, 0.15) is 13.3 Å². The second-order valence-electron chi connectivity index (χ2n) is 4.38. The summed E-state index contributed by atoms with van der Waals surface area (Å²) in [6.07, 6.45) is 0.270. The minimum atomic E-state index is -0.369. The lowest BCUT2D eigenvalue weighted by molar-refractivity contribution is -0.117. The molecule has 0 saturated carbocycles. The van der Waals surface area contributed by atoms with Crippen molar-refractivity contribution in [3.8, 4) is 17.0 Å². The quantitative estimate of drug-likeness (QED) is 0.794. The zero-order valence-electron chi connectivity index (χ0n) is 12.4. The molecule has 7 heteroatoms. The Morgan fingerprint density at radius 1 is 1.45 bits per heavy atom. The standard InChI is InChI=1S/C15H17FN2O3S/c1-3-21-7-6-14(19)18-15-17-12(9-22-15)11-8-10(16)4-5-13(11)20-2/h4-5,8-9H,3,6-7H2,1-2H3,(H,17,18,19). The third-order valence-electron chi connectivity index (χ3n) is 2.87. The summed E-state index contributed by atoms with van der Waals surface area (Å²) in [5.74, 6) is -0.00687. The summed E-state index contributed by atoms with van der Waals surface area (Å²) in [6.45, 7) is 2.82. The van der Waals surface area contributed by atoms with Gasteiger partial charge in [-0.2, -0.15) is 0 Å². The van der Waals surface area contributed by atoms with Crippen LogP contribution in [-0.4, -0.2) is 31.2 Å². The maximum atomic E-state index is 13.4. The van der Waals surface area contributed by atoms with Crippen molar-refractivity contribution in [1.29, 1.82) is 0 Å². The molecular weight excluding hydrogens is 307 g/mol. The Morgan fingerprint density at radius 3 is 3.00 bits per heavy atom. The van der Waals surface area contributed by atoms with E-state index in [2.05, 4.69) is 10.3 Å². The molecule has 1 amide bonds. The van der Waals surface area contributed by atoms with Gasteiger partial charge in [-0.05, 0) is 25.1 Å². The molecule has 0 atom stereocenters. The number of benzene rings is 1. The number of halogens is 1. The molecule has 2 aromatic rings. The number of aromatic nitrogens is 1. The van der Waals surface area contributed by atoms with E-state index < -0.39 is 0 Å². The van der Waals surface area contributed by atoms with E-state index in [1.807, 2.05) is 6.92 Å². The number of hydrogen-bond donors (Lipinski definition) is 1. The van der Waals surface area contributed by atoms with Crippen LogP contribution in [0.3, 0.4) is 0 Å². The minimum absolute atomic E-state index is 0.166.